The molecular formula is C14H26N4O3. The molecular weight excluding hydrogens is 272 g/mol. The molecule has 0 radical (unpaired) electrons. The normalized spacial score (nSPS) is 22.4. The predicted molar refractivity (Wildman–Crippen MR) is 80.4 cm³/mol. The van der Waals surface area contributed by atoms with Crippen LogP contribution in [0.3, 0.4) is 0 Å². The third-order valence-electron chi connectivity index (χ3n) is 4.08. The summed E-state index contributed by atoms with van der Waals surface area (Å²) < 4.78 is 9.99. The number of rotatable bonds is 3. The summed E-state index contributed by atoms with van der Waals surface area (Å²) in [6.45, 7) is 6.09. The van der Waals surface area contributed by atoms with Crippen molar-refractivity contribution < 1.29 is 14.3 Å². The highest BCUT2D eigenvalue weighted by Crippen LogP contribution is 2.25. The first-order valence-corrected chi connectivity index (χ1v) is 7.44. The number of carbonyl (C=O) groups is 1. The van der Waals surface area contributed by atoms with E-state index in [1.54, 1.807) is 11.9 Å². The van der Waals surface area contributed by atoms with Crippen LogP contribution in [0.5, 0.6) is 0 Å². The Balaban J connectivity index is 1.72. The second-order valence-electron chi connectivity index (χ2n) is 6.10. The molecule has 7 heteroatoms. The molecule has 120 valence electrons. The largest absolute Gasteiger partial charge is 0.453 e. The van der Waals surface area contributed by atoms with Gasteiger partial charge in [0.2, 0.25) is 0 Å². The quantitative estimate of drug-likeness (QED) is 0.583. The molecule has 2 aliphatic heterocycles. The topological polar surface area (TPSA) is 75.2 Å². The minimum absolute atomic E-state index is 0.214. The van der Waals surface area contributed by atoms with Crippen LogP contribution in [-0.2, 0) is 9.47 Å². The summed E-state index contributed by atoms with van der Waals surface area (Å²) in [5.74, 6) is 0.819. The number of hydrogen-bond donors (Lipinski definition) is 2. The fourth-order valence-corrected chi connectivity index (χ4v) is 2.57. The molecule has 2 rings (SSSR count). The highest BCUT2D eigenvalue weighted by atomic mass is 16.5. The summed E-state index contributed by atoms with van der Waals surface area (Å²) in [5.41, 5.74) is 0.214. The zero-order valence-electron chi connectivity index (χ0n) is 13.1. The average Bonchev–Trinajstić information content (AvgIpc) is 2.49. The van der Waals surface area contributed by atoms with E-state index in [-0.39, 0.29) is 11.5 Å². The molecule has 0 aromatic carbocycles. The van der Waals surface area contributed by atoms with Gasteiger partial charge >= 0.3 is 6.09 Å². The number of ether oxygens (including phenoxy) is 2. The molecule has 0 unspecified atom stereocenters. The van der Waals surface area contributed by atoms with Gasteiger partial charge in [-0.1, -0.05) is 6.92 Å². The molecule has 0 saturated carbocycles. The van der Waals surface area contributed by atoms with E-state index < -0.39 is 0 Å². The van der Waals surface area contributed by atoms with Crippen LogP contribution < -0.4 is 10.6 Å². The lowest BCUT2D eigenvalue weighted by Gasteiger charge is -2.39. The average molecular weight is 298 g/mol. The SMILES string of the molecule is CN=C(NCC1(C)COC1)NC1CCN(C(=O)OC)CC1. The molecule has 2 fully saturated rings. The third kappa shape index (κ3) is 4.23. The van der Waals surface area contributed by atoms with Crippen LogP contribution in [0.2, 0.25) is 0 Å². The number of carbonyl (C=O) groups excluding carboxylic acids is 1. The Morgan fingerprint density at radius 1 is 1.43 bits per heavy atom. The first kappa shape index (κ1) is 15.9. The maximum atomic E-state index is 11.4. The Morgan fingerprint density at radius 2 is 2.10 bits per heavy atom. The van der Waals surface area contributed by atoms with Gasteiger partial charge in [0.1, 0.15) is 0 Å². The van der Waals surface area contributed by atoms with E-state index >= 15 is 0 Å². The van der Waals surface area contributed by atoms with Gasteiger partial charge in [0.25, 0.3) is 0 Å². The number of likely N-dealkylation sites (tertiary alicyclic amines) is 1. The van der Waals surface area contributed by atoms with Crippen molar-refractivity contribution >= 4 is 12.1 Å². The van der Waals surface area contributed by atoms with Crippen molar-refractivity contribution in [2.45, 2.75) is 25.8 Å². The zero-order valence-corrected chi connectivity index (χ0v) is 13.1. The molecule has 0 aliphatic carbocycles. The Kier molecular flexibility index (Phi) is 5.27. The lowest BCUT2D eigenvalue weighted by molar-refractivity contribution is -0.0971. The second-order valence-corrected chi connectivity index (χ2v) is 6.10. The van der Waals surface area contributed by atoms with E-state index in [0.29, 0.717) is 19.1 Å². The fraction of sp³-hybridized carbons (Fsp3) is 0.857. The Morgan fingerprint density at radius 3 is 2.57 bits per heavy atom. The second kappa shape index (κ2) is 6.98. The molecule has 0 spiro atoms. The number of methoxy groups -OCH3 is 1. The molecule has 7 nitrogen and oxygen atoms in total. The van der Waals surface area contributed by atoms with E-state index in [4.69, 9.17) is 9.47 Å². The van der Waals surface area contributed by atoms with E-state index in [2.05, 4.69) is 22.5 Å². The summed E-state index contributed by atoms with van der Waals surface area (Å²) in [5, 5.41) is 6.78. The minimum Gasteiger partial charge on any atom is -0.453 e. The van der Waals surface area contributed by atoms with Crippen molar-refractivity contribution in [1.29, 1.82) is 0 Å². The molecule has 2 saturated heterocycles. The number of piperidine rings is 1. The van der Waals surface area contributed by atoms with E-state index in [1.165, 1.54) is 7.11 Å². The van der Waals surface area contributed by atoms with Crippen molar-refractivity contribution in [2.75, 3.05) is 47.0 Å². The van der Waals surface area contributed by atoms with Crippen molar-refractivity contribution in [1.82, 2.24) is 15.5 Å². The maximum absolute atomic E-state index is 11.4. The molecule has 2 heterocycles. The first-order chi connectivity index (χ1) is 10.1. The summed E-state index contributed by atoms with van der Waals surface area (Å²) >= 11 is 0. The fourth-order valence-electron chi connectivity index (χ4n) is 2.57. The first-order valence-electron chi connectivity index (χ1n) is 7.44. The number of amides is 1. The van der Waals surface area contributed by atoms with Gasteiger partial charge in [0.15, 0.2) is 5.96 Å². The Labute approximate surface area is 126 Å². The van der Waals surface area contributed by atoms with Crippen molar-refractivity contribution in [3.63, 3.8) is 0 Å². The smallest absolute Gasteiger partial charge is 0.409 e. The summed E-state index contributed by atoms with van der Waals surface area (Å²) in [6.07, 6.45) is 1.56. The molecule has 2 aliphatic rings. The zero-order chi connectivity index (χ0) is 15.3. The highest BCUT2D eigenvalue weighted by Gasteiger charge is 2.33. The molecule has 21 heavy (non-hydrogen) atoms. The van der Waals surface area contributed by atoms with Gasteiger partial charge in [-0.3, -0.25) is 4.99 Å². The third-order valence-corrected chi connectivity index (χ3v) is 4.08. The number of nitrogens with zero attached hydrogens (tertiary/aromatic N) is 2. The van der Waals surface area contributed by atoms with Gasteiger partial charge in [-0.05, 0) is 12.8 Å². The lowest BCUT2D eigenvalue weighted by Crippen LogP contribution is -2.54. The van der Waals surface area contributed by atoms with Crippen molar-refractivity contribution in [3.05, 3.63) is 0 Å². The monoisotopic (exact) mass is 298 g/mol. The van der Waals surface area contributed by atoms with E-state index in [1.807, 2.05) is 0 Å². The molecule has 0 aromatic heterocycles. The van der Waals surface area contributed by atoms with Gasteiger partial charge in [-0.25, -0.2) is 4.79 Å². The molecule has 0 atom stereocenters. The Bertz CT molecular complexity index is 388. The van der Waals surface area contributed by atoms with Crippen LogP contribution in [0, 0.1) is 5.41 Å². The lowest BCUT2D eigenvalue weighted by atomic mass is 9.89. The van der Waals surface area contributed by atoms with Crippen LogP contribution >= 0.6 is 0 Å². The minimum atomic E-state index is -0.242. The number of guanidine groups is 1. The van der Waals surface area contributed by atoms with Crippen LogP contribution in [-0.4, -0.2) is 70.0 Å². The van der Waals surface area contributed by atoms with Crippen LogP contribution in [0.15, 0.2) is 4.99 Å². The van der Waals surface area contributed by atoms with Crippen LogP contribution in [0.1, 0.15) is 19.8 Å². The maximum Gasteiger partial charge on any atom is 0.409 e. The van der Waals surface area contributed by atoms with Gasteiger partial charge in [-0.2, -0.15) is 0 Å². The van der Waals surface area contributed by atoms with Crippen molar-refractivity contribution in [3.8, 4) is 0 Å². The standard InChI is InChI=1S/C14H26N4O3/c1-14(9-21-10-14)8-16-12(15-2)17-11-4-6-18(7-5-11)13(19)20-3/h11H,4-10H2,1-3H3,(H2,15,16,17). The molecule has 1 amide bonds. The van der Waals surface area contributed by atoms with E-state index in [9.17, 15) is 4.79 Å². The number of aliphatic imine (C=N–C) groups is 1. The summed E-state index contributed by atoms with van der Waals surface area (Å²) in [4.78, 5) is 17.4. The van der Waals surface area contributed by atoms with Crippen LogP contribution in [0.4, 0.5) is 4.79 Å². The van der Waals surface area contributed by atoms with Crippen molar-refractivity contribution in [2.24, 2.45) is 10.4 Å². The molecule has 2 N–H and O–H groups in total. The summed E-state index contributed by atoms with van der Waals surface area (Å²) in [7, 11) is 3.20. The van der Waals surface area contributed by atoms with Gasteiger partial charge < -0.3 is 25.0 Å². The van der Waals surface area contributed by atoms with Gasteiger partial charge in [0, 0.05) is 38.1 Å². The molecule has 0 bridgehead atoms. The number of hydrogen-bond acceptors (Lipinski definition) is 4. The highest BCUT2D eigenvalue weighted by molar-refractivity contribution is 5.80. The van der Waals surface area contributed by atoms with Crippen LogP contribution in [0.25, 0.3) is 0 Å². The van der Waals surface area contributed by atoms with Gasteiger partial charge in [0.05, 0.1) is 20.3 Å². The predicted octanol–water partition coefficient (Wildman–Crippen LogP) is 0.419. The van der Waals surface area contributed by atoms with Gasteiger partial charge in [-0.15, -0.1) is 0 Å². The Hall–Kier alpha value is -1.50. The number of nitrogens with one attached hydrogen (secondary N) is 2. The summed E-state index contributed by atoms with van der Waals surface area (Å²) in [6, 6.07) is 0.336. The molecule has 0 aromatic rings. The van der Waals surface area contributed by atoms with E-state index in [0.717, 1.165) is 38.6 Å².